The van der Waals surface area contributed by atoms with Crippen LogP contribution in [0.3, 0.4) is 0 Å². The minimum absolute atomic E-state index is 0.428. The summed E-state index contributed by atoms with van der Waals surface area (Å²) in [6.07, 6.45) is 0.717. The third-order valence-corrected chi connectivity index (χ3v) is 3.00. The number of hydrogen-bond acceptors (Lipinski definition) is 2. The van der Waals surface area contributed by atoms with Crippen molar-refractivity contribution in [3.8, 4) is 5.75 Å². The summed E-state index contributed by atoms with van der Waals surface area (Å²) < 4.78 is 5.13. The predicted octanol–water partition coefficient (Wildman–Crippen LogP) is 2.21. The number of primary amides is 1. The number of carbonyl (C=O) groups excluding carboxylic acids is 1. The number of aryl methyl sites for hydroxylation is 1. The number of rotatable bonds is 4. The van der Waals surface area contributed by atoms with Crippen LogP contribution in [-0.4, -0.2) is 31.6 Å². The van der Waals surface area contributed by atoms with Gasteiger partial charge in [-0.05, 0) is 36.6 Å². The maximum atomic E-state index is 10.9. The Labute approximate surface area is 106 Å². The highest BCUT2D eigenvalue weighted by atomic mass is 35.5. The lowest BCUT2D eigenvalue weighted by Gasteiger charge is -2.15. The van der Waals surface area contributed by atoms with Crippen molar-refractivity contribution in [1.82, 2.24) is 4.90 Å². The van der Waals surface area contributed by atoms with E-state index in [0.717, 1.165) is 17.5 Å². The number of halogens is 1. The Morgan fingerprint density at radius 2 is 2.18 bits per heavy atom. The molecule has 0 heterocycles. The number of ether oxygens (including phenoxy) is 1. The van der Waals surface area contributed by atoms with Gasteiger partial charge >= 0.3 is 6.03 Å². The van der Waals surface area contributed by atoms with E-state index in [1.165, 1.54) is 4.90 Å². The number of urea groups is 1. The second-order valence-corrected chi connectivity index (χ2v) is 4.33. The van der Waals surface area contributed by atoms with Crippen LogP contribution < -0.4 is 10.5 Å². The standard InChI is InChI=1S/C12H17ClN2O2/c1-8-6-11(17-3)10(13)7-9(8)4-5-15(2)12(14)16/h6-7H,4-5H2,1-3H3,(H2,14,16). The van der Waals surface area contributed by atoms with Crippen molar-refractivity contribution < 1.29 is 9.53 Å². The summed E-state index contributed by atoms with van der Waals surface area (Å²) in [6.45, 7) is 2.55. The average molecular weight is 257 g/mol. The molecule has 0 unspecified atom stereocenters. The van der Waals surface area contributed by atoms with Gasteiger partial charge in [0.15, 0.2) is 0 Å². The maximum Gasteiger partial charge on any atom is 0.314 e. The monoisotopic (exact) mass is 256 g/mol. The summed E-state index contributed by atoms with van der Waals surface area (Å²) >= 11 is 6.05. The van der Waals surface area contributed by atoms with E-state index in [4.69, 9.17) is 22.1 Å². The van der Waals surface area contributed by atoms with E-state index >= 15 is 0 Å². The van der Waals surface area contributed by atoms with Crippen LogP contribution in [0, 0.1) is 6.92 Å². The van der Waals surface area contributed by atoms with Gasteiger partial charge in [0.25, 0.3) is 0 Å². The molecule has 0 bridgehead atoms. The van der Waals surface area contributed by atoms with Gasteiger partial charge in [0, 0.05) is 13.6 Å². The molecule has 0 spiro atoms. The molecule has 0 aromatic heterocycles. The minimum Gasteiger partial charge on any atom is -0.495 e. The number of nitrogens with two attached hydrogens (primary N) is 1. The smallest absolute Gasteiger partial charge is 0.314 e. The number of benzene rings is 1. The van der Waals surface area contributed by atoms with Gasteiger partial charge in [-0.25, -0.2) is 4.79 Å². The Kier molecular flexibility index (Phi) is 4.63. The van der Waals surface area contributed by atoms with E-state index < -0.39 is 6.03 Å². The first-order valence-corrected chi connectivity index (χ1v) is 5.67. The second-order valence-electron chi connectivity index (χ2n) is 3.92. The molecule has 0 aliphatic carbocycles. The molecule has 17 heavy (non-hydrogen) atoms. The summed E-state index contributed by atoms with van der Waals surface area (Å²) in [6, 6.07) is 3.33. The first-order chi connectivity index (χ1) is 7.95. The van der Waals surface area contributed by atoms with E-state index in [0.29, 0.717) is 17.3 Å². The number of methoxy groups -OCH3 is 1. The zero-order valence-electron chi connectivity index (χ0n) is 10.3. The molecule has 0 fully saturated rings. The van der Waals surface area contributed by atoms with Crippen LogP contribution in [0.1, 0.15) is 11.1 Å². The Bertz CT molecular complexity index is 421. The van der Waals surface area contributed by atoms with E-state index in [1.807, 2.05) is 19.1 Å². The maximum absolute atomic E-state index is 10.9. The molecule has 0 aliphatic heterocycles. The van der Waals surface area contributed by atoms with Crippen LogP contribution in [0.5, 0.6) is 5.75 Å². The van der Waals surface area contributed by atoms with Crippen molar-refractivity contribution in [2.24, 2.45) is 5.73 Å². The van der Waals surface area contributed by atoms with Gasteiger partial charge in [0.05, 0.1) is 12.1 Å². The molecule has 0 saturated heterocycles. The third kappa shape index (κ3) is 3.53. The molecule has 1 aromatic carbocycles. The minimum atomic E-state index is -0.428. The highest BCUT2D eigenvalue weighted by Gasteiger charge is 2.08. The summed E-state index contributed by atoms with van der Waals surface area (Å²) in [4.78, 5) is 12.3. The largest absolute Gasteiger partial charge is 0.495 e. The van der Waals surface area contributed by atoms with E-state index in [9.17, 15) is 4.79 Å². The molecule has 1 aromatic rings. The Morgan fingerprint density at radius 3 is 2.71 bits per heavy atom. The molecule has 0 radical (unpaired) electrons. The van der Waals surface area contributed by atoms with Crippen LogP contribution in [0.4, 0.5) is 4.79 Å². The van der Waals surface area contributed by atoms with Crippen molar-refractivity contribution in [3.63, 3.8) is 0 Å². The van der Waals surface area contributed by atoms with Crippen molar-refractivity contribution in [1.29, 1.82) is 0 Å². The Balaban J connectivity index is 2.78. The summed E-state index contributed by atoms with van der Waals surface area (Å²) in [5, 5.41) is 0.579. The zero-order valence-corrected chi connectivity index (χ0v) is 11.0. The molecular formula is C12H17ClN2O2. The molecular weight excluding hydrogens is 240 g/mol. The van der Waals surface area contributed by atoms with Crippen molar-refractivity contribution >= 4 is 17.6 Å². The van der Waals surface area contributed by atoms with Crippen LogP contribution >= 0.6 is 11.6 Å². The molecule has 4 nitrogen and oxygen atoms in total. The van der Waals surface area contributed by atoms with Gasteiger partial charge in [-0.2, -0.15) is 0 Å². The molecule has 0 atom stereocenters. The van der Waals surface area contributed by atoms with E-state index in [1.54, 1.807) is 14.2 Å². The number of nitrogens with zero attached hydrogens (tertiary/aromatic N) is 1. The summed E-state index contributed by atoms with van der Waals surface area (Å²) in [7, 11) is 3.25. The van der Waals surface area contributed by atoms with Gasteiger partial charge in [-0.3, -0.25) is 0 Å². The van der Waals surface area contributed by atoms with Crippen molar-refractivity contribution in [3.05, 3.63) is 28.3 Å². The molecule has 2 amide bonds. The second kappa shape index (κ2) is 5.77. The van der Waals surface area contributed by atoms with Crippen LogP contribution in [-0.2, 0) is 6.42 Å². The van der Waals surface area contributed by atoms with Gasteiger partial charge in [0.1, 0.15) is 5.75 Å². The number of carbonyl (C=O) groups is 1. The third-order valence-electron chi connectivity index (χ3n) is 2.70. The Morgan fingerprint density at radius 1 is 1.53 bits per heavy atom. The van der Waals surface area contributed by atoms with Crippen LogP contribution in [0.2, 0.25) is 5.02 Å². The lowest BCUT2D eigenvalue weighted by molar-refractivity contribution is 0.219. The van der Waals surface area contributed by atoms with Gasteiger partial charge in [-0.1, -0.05) is 11.6 Å². The average Bonchev–Trinajstić information content (AvgIpc) is 2.29. The molecule has 2 N–H and O–H groups in total. The SMILES string of the molecule is COc1cc(C)c(CCN(C)C(N)=O)cc1Cl. The molecule has 0 saturated carbocycles. The number of amides is 2. The van der Waals surface area contributed by atoms with Crippen LogP contribution in [0.25, 0.3) is 0 Å². The predicted molar refractivity (Wildman–Crippen MR) is 68.7 cm³/mol. The van der Waals surface area contributed by atoms with Gasteiger partial charge in [0.2, 0.25) is 0 Å². The lowest BCUT2D eigenvalue weighted by Crippen LogP contribution is -2.33. The van der Waals surface area contributed by atoms with Gasteiger partial charge in [-0.15, -0.1) is 0 Å². The molecule has 94 valence electrons. The topological polar surface area (TPSA) is 55.6 Å². The van der Waals surface area contributed by atoms with E-state index in [-0.39, 0.29) is 0 Å². The van der Waals surface area contributed by atoms with E-state index in [2.05, 4.69) is 0 Å². The van der Waals surface area contributed by atoms with Gasteiger partial charge < -0.3 is 15.4 Å². The molecule has 1 rings (SSSR count). The number of hydrogen-bond donors (Lipinski definition) is 1. The summed E-state index contributed by atoms with van der Waals surface area (Å²) in [5.41, 5.74) is 7.33. The fourth-order valence-corrected chi connectivity index (χ4v) is 1.78. The molecule has 0 aliphatic rings. The first kappa shape index (κ1) is 13.6. The zero-order chi connectivity index (χ0) is 13.0. The van der Waals surface area contributed by atoms with Crippen molar-refractivity contribution in [2.75, 3.05) is 20.7 Å². The highest BCUT2D eigenvalue weighted by Crippen LogP contribution is 2.28. The lowest BCUT2D eigenvalue weighted by atomic mass is 10.1. The van der Waals surface area contributed by atoms with Crippen molar-refractivity contribution in [2.45, 2.75) is 13.3 Å². The first-order valence-electron chi connectivity index (χ1n) is 5.29. The Hall–Kier alpha value is -1.42. The number of likely N-dealkylation sites (N-methyl/N-ethyl adjacent to an activating group) is 1. The van der Waals surface area contributed by atoms with Crippen LogP contribution in [0.15, 0.2) is 12.1 Å². The fraction of sp³-hybridized carbons (Fsp3) is 0.417. The summed E-state index contributed by atoms with van der Waals surface area (Å²) in [5.74, 6) is 0.663. The fourth-order valence-electron chi connectivity index (χ4n) is 1.52. The highest BCUT2D eigenvalue weighted by molar-refractivity contribution is 6.32. The normalized spacial score (nSPS) is 10.1. The molecule has 5 heteroatoms. The quantitative estimate of drug-likeness (QED) is 0.898.